The molecule has 0 atom stereocenters. The van der Waals surface area contributed by atoms with Crippen molar-refractivity contribution in [3.05, 3.63) is 29.3 Å². The van der Waals surface area contributed by atoms with E-state index in [4.69, 9.17) is 4.74 Å². The summed E-state index contributed by atoms with van der Waals surface area (Å²) in [5.74, 6) is 0. The molecule has 0 unspecified atom stereocenters. The zero-order chi connectivity index (χ0) is 15.0. The van der Waals surface area contributed by atoms with E-state index >= 15 is 0 Å². The van der Waals surface area contributed by atoms with Crippen LogP contribution >= 0.6 is 0 Å². The lowest BCUT2D eigenvalue weighted by Crippen LogP contribution is -2.34. The summed E-state index contributed by atoms with van der Waals surface area (Å²) < 4.78 is 5.05. The Hall–Kier alpha value is -1.10. The van der Waals surface area contributed by atoms with Gasteiger partial charge in [0.15, 0.2) is 0 Å². The lowest BCUT2D eigenvalue weighted by atomic mass is 10.1. The third-order valence-electron chi connectivity index (χ3n) is 3.31. The van der Waals surface area contributed by atoms with Crippen molar-refractivity contribution in [2.24, 2.45) is 0 Å². The van der Waals surface area contributed by atoms with E-state index in [0.29, 0.717) is 19.2 Å². The molecule has 1 aromatic carbocycles. The van der Waals surface area contributed by atoms with E-state index in [9.17, 15) is 5.11 Å². The van der Waals surface area contributed by atoms with Crippen molar-refractivity contribution in [2.75, 3.05) is 38.3 Å². The fourth-order valence-corrected chi connectivity index (χ4v) is 2.30. The van der Waals surface area contributed by atoms with Crippen LogP contribution in [0.15, 0.2) is 18.2 Å². The van der Waals surface area contributed by atoms with Crippen molar-refractivity contribution in [2.45, 2.75) is 33.4 Å². The van der Waals surface area contributed by atoms with Gasteiger partial charge in [0.25, 0.3) is 0 Å². The van der Waals surface area contributed by atoms with Crippen molar-refractivity contribution in [3.63, 3.8) is 0 Å². The van der Waals surface area contributed by atoms with Crippen molar-refractivity contribution < 1.29 is 9.84 Å². The Labute approximate surface area is 122 Å². The van der Waals surface area contributed by atoms with Crippen LogP contribution in [0.5, 0.6) is 0 Å². The topological polar surface area (TPSA) is 44.7 Å². The summed E-state index contributed by atoms with van der Waals surface area (Å²) in [4.78, 5) is 2.24. The van der Waals surface area contributed by atoms with E-state index in [1.165, 1.54) is 16.8 Å². The SMILES string of the molecule is COCCNCc1cc(C)ccc1N(CCO)C(C)C. The molecule has 0 aromatic heterocycles. The van der Waals surface area contributed by atoms with Crippen LogP contribution in [0.2, 0.25) is 0 Å². The van der Waals surface area contributed by atoms with Gasteiger partial charge in [-0.2, -0.15) is 0 Å². The van der Waals surface area contributed by atoms with Gasteiger partial charge in [-0.15, -0.1) is 0 Å². The number of hydrogen-bond donors (Lipinski definition) is 2. The summed E-state index contributed by atoms with van der Waals surface area (Å²) in [5.41, 5.74) is 3.72. The first-order valence-corrected chi connectivity index (χ1v) is 7.26. The number of rotatable bonds is 9. The molecule has 0 aliphatic rings. The zero-order valence-electron chi connectivity index (χ0n) is 13.1. The van der Waals surface area contributed by atoms with E-state index in [2.05, 4.69) is 49.2 Å². The molecule has 1 aromatic rings. The summed E-state index contributed by atoms with van der Waals surface area (Å²) in [5, 5.41) is 12.7. The third kappa shape index (κ3) is 5.12. The van der Waals surface area contributed by atoms with Gasteiger partial charge in [-0.25, -0.2) is 0 Å². The normalized spacial score (nSPS) is 11.1. The molecule has 0 fully saturated rings. The van der Waals surface area contributed by atoms with Crippen LogP contribution in [-0.4, -0.2) is 44.6 Å². The van der Waals surface area contributed by atoms with Crippen LogP contribution < -0.4 is 10.2 Å². The number of aryl methyl sites for hydroxylation is 1. The Kier molecular flexibility index (Phi) is 7.59. The van der Waals surface area contributed by atoms with E-state index in [-0.39, 0.29) is 6.61 Å². The molecular weight excluding hydrogens is 252 g/mol. The van der Waals surface area contributed by atoms with Gasteiger partial charge in [-0.05, 0) is 32.4 Å². The quantitative estimate of drug-likeness (QED) is 0.679. The third-order valence-corrected chi connectivity index (χ3v) is 3.31. The first-order chi connectivity index (χ1) is 9.60. The Morgan fingerprint density at radius 2 is 2.10 bits per heavy atom. The second-order valence-corrected chi connectivity index (χ2v) is 5.31. The van der Waals surface area contributed by atoms with Crippen molar-refractivity contribution in [1.29, 1.82) is 0 Å². The number of anilines is 1. The maximum absolute atomic E-state index is 9.26. The predicted molar refractivity (Wildman–Crippen MR) is 84.3 cm³/mol. The van der Waals surface area contributed by atoms with Crippen LogP contribution in [0, 0.1) is 6.92 Å². The molecule has 0 spiro atoms. The van der Waals surface area contributed by atoms with Crippen molar-refractivity contribution in [3.8, 4) is 0 Å². The zero-order valence-corrected chi connectivity index (χ0v) is 13.1. The van der Waals surface area contributed by atoms with Crippen LogP contribution in [0.4, 0.5) is 5.69 Å². The first kappa shape index (κ1) is 17.0. The van der Waals surface area contributed by atoms with Crippen molar-refractivity contribution in [1.82, 2.24) is 5.32 Å². The molecule has 0 saturated heterocycles. The Balaban J connectivity index is 2.87. The van der Waals surface area contributed by atoms with Gasteiger partial charge in [0.1, 0.15) is 0 Å². The second-order valence-electron chi connectivity index (χ2n) is 5.31. The lowest BCUT2D eigenvalue weighted by Gasteiger charge is -2.30. The van der Waals surface area contributed by atoms with Crippen LogP contribution in [-0.2, 0) is 11.3 Å². The van der Waals surface area contributed by atoms with Crippen LogP contribution in [0.1, 0.15) is 25.0 Å². The van der Waals surface area contributed by atoms with E-state index in [1.807, 2.05) is 0 Å². The molecule has 0 saturated carbocycles. The smallest absolute Gasteiger partial charge is 0.0606 e. The van der Waals surface area contributed by atoms with Gasteiger partial charge in [0.2, 0.25) is 0 Å². The molecule has 4 heteroatoms. The highest BCUT2D eigenvalue weighted by atomic mass is 16.5. The molecule has 0 bridgehead atoms. The van der Waals surface area contributed by atoms with Crippen molar-refractivity contribution >= 4 is 5.69 Å². The predicted octanol–water partition coefficient (Wildman–Crippen LogP) is 1.94. The molecule has 0 aliphatic heterocycles. The van der Waals surface area contributed by atoms with Gasteiger partial charge in [0, 0.05) is 38.5 Å². The number of nitrogens with one attached hydrogen (secondary N) is 1. The molecule has 4 nitrogen and oxygen atoms in total. The summed E-state index contributed by atoms with van der Waals surface area (Å²) in [6.07, 6.45) is 0. The number of ether oxygens (including phenoxy) is 1. The van der Waals surface area contributed by atoms with Gasteiger partial charge in [-0.1, -0.05) is 17.7 Å². The number of hydrogen-bond acceptors (Lipinski definition) is 4. The molecule has 114 valence electrons. The maximum Gasteiger partial charge on any atom is 0.0606 e. The van der Waals surface area contributed by atoms with Gasteiger partial charge in [0.05, 0.1) is 13.2 Å². The monoisotopic (exact) mass is 280 g/mol. The Morgan fingerprint density at radius 3 is 2.70 bits per heavy atom. The van der Waals surface area contributed by atoms with Crippen LogP contribution in [0.25, 0.3) is 0 Å². The summed E-state index contributed by atoms with van der Waals surface area (Å²) >= 11 is 0. The summed E-state index contributed by atoms with van der Waals surface area (Å²) in [7, 11) is 1.71. The first-order valence-electron chi connectivity index (χ1n) is 7.26. The number of aliphatic hydroxyl groups excluding tert-OH is 1. The highest BCUT2D eigenvalue weighted by molar-refractivity contribution is 5.55. The fourth-order valence-electron chi connectivity index (χ4n) is 2.30. The minimum absolute atomic E-state index is 0.169. The molecule has 1 rings (SSSR count). The highest BCUT2D eigenvalue weighted by Gasteiger charge is 2.13. The fraction of sp³-hybridized carbons (Fsp3) is 0.625. The minimum atomic E-state index is 0.169. The molecule has 0 aliphatic carbocycles. The Morgan fingerprint density at radius 1 is 1.35 bits per heavy atom. The van der Waals surface area contributed by atoms with Gasteiger partial charge < -0.3 is 20.1 Å². The van der Waals surface area contributed by atoms with E-state index < -0.39 is 0 Å². The van der Waals surface area contributed by atoms with E-state index in [0.717, 1.165) is 13.1 Å². The second kappa shape index (κ2) is 8.95. The average molecular weight is 280 g/mol. The molecule has 2 N–H and O–H groups in total. The molecule has 0 radical (unpaired) electrons. The molecular formula is C16H28N2O2. The molecule has 20 heavy (non-hydrogen) atoms. The van der Waals surface area contributed by atoms with Crippen LogP contribution in [0.3, 0.4) is 0 Å². The number of methoxy groups -OCH3 is 1. The maximum atomic E-state index is 9.26. The molecule has 0 heterocycles. The molecule has 0 amide bonds. The summed E-state index contributed by atoms with van der Waals surface area (Å²) in [6, 6.07) is 6.85. The highest BCUT2D eigenvalue weighted by Crippen LogP contribution is 2.23. The van der Waals surface area contributed by atoms with Gasteiger partial charge in [-0.3, -0.25) is 0 Å². The average Bonchev–Trinajstić information content (AvgIpc) is 2.41. The van der Waals surface area contributed by atoms with Gasteiger partial charge >= 0.3 is 0 Å². The number of nitrogens with zero attached hydrogens (tertiary/aromatic N) is 1. The number of benzene rings is 1. The standard InChI is InChI=1S/C16H28N2O2/c1-13(2)18(8-9-19)16-6-5-14(3)11-15(16)12-17-7-10-20-4/h5-6,11,13,17,19H,7-10,12H2,1-4H3. The Bertz CT molecular complexity index is 394. The number of aliphatic hydroxyl groups is 1. The lowest BCUT2D eigenvalue weighted by molar-refractivity contribution is 0.199. The largest absolute Gasteiger partial charge is 0.395 e. The van der Waals surface area contributed by atoms with E-state index in [1.54, 1.807) is 7.11 Å². The summed E-state index contributed by atoms with van der Waals surface area (Å²) in [6.45, 7) is 9.60. The minimum Gasteiger partial charge on any atom is -0.395 e.